The fourth-order valence-corrected chi connectivity index (χ4v) is 5.82. The highest BCUT2D eigenvalue weighted by atomic mass is 32.2. The van der Waals surface area contributed by atoms with Gasteiger partial charge < -0.3 is 9.88 Å². The normalized spacial score (nSPS) is 15.8. The number of amides is 2. The predicted molar refractivity (Wildman–Crippen MR) is 143 cm³/mol. The second-order valence-corrected chi connectivity index (χ2v) is 10.2. The first kappa shape index (κ1) is 23.2. The molecule has 5 nitrogen and oxygen atoms in total. The van der Waals surface area contributed by atoms with Gasteiger partial charge >= 0.3 is 0 Å². The maximum absolute atomic E-state index is 13.9. The van der Waals surface area contributed by atoms with E-state index in [4.69, 9.17) is 0 Å². The Balaban J connectivity index is 1.63. The number of para-hydroxylation sites is 1. The Labute approximate surface area is 210 Å². The number of fused-ring (bicyclic) bond motifs is 3. The van der Waals surface area contributed by atoms with E-state index in [2.05, 4.69) is 29.8 Å². The molecule has 2 amide bonds. The van der Waals surface area contributed by atoms with Gasteiger partial charge in [0.25, 0.3) is 0 Å². The summed E-state index contributed by atoms with van der Waals surface area (Å²) in [6, 6.07) is 25.2. The van der Waals surface area contributed by atoms with Gasteiger partial charge in [-0.2, -0.15) is 0 Å². The van der Waals surface area contributed by atoms with Crippen LogP contribution in [0.4, 0.5) is 5.69 Å². The van der Waals surface area contributed by atoms with Crippen LogP contribution in [0.3, 0.4) is 0 Å². The van der Waals surface area contributed by atoms with Crippen molar-refractivity contribution in [3.05, 3.63) is 95.6 Å². The van der Waals surface area contributed by atoms with E-state index in [1.54, 1.807) is 4.90 Å². The van der Waals surface area contributed by atoms with Crippen LogP contribution < -0.4 is 10.2 Å². The summed E-state index contributed by atoms with van der Waals surface area (Å²) in [4.78, 5) is 29.2. The molecule has 0 spiro atoms. The topological polar surface area (TPSA) is 54.3 Å². The number of nitrogens with zero attached hydrogens (tertiary/aromatic N) is 2. The highest BCUT2D eigenvalue weighted by Crippen LogP contribution is 2.43. The average Bonchev–Trinajstić information content (AvgIpc) is 3.05. The molecule has 178 valence electrons. The van der Waals surface area contributed by atoms with E-state index in [1.165, 1.54) is 17.3 Å². The third-order valence-electron chi connectivity index (χ3n) is 6.62. The molecule has 1 aromatic heterocycles. The molecule has 0 saturated carbocycles. The van der Waals surface area contributed by atoms with Gasteiger partial charge in [-0.1, -0.05) is 86.3 Å². The number of benzene rings is 3. The lowest BCUT2D eigenvalue weighted by Gasteiger charge is -2.30. The molecule has 0 unspecified atom stereocenters. The monoisotopic (exact) mass is 483 g/mol. The Morgan fingerprint density at radius 1 is 1.00 bits per heavy atom. The van der Waals surface area contributed by atoms with Crippen LogP contribution in [0.1, 0.15) is 42.5 Å². The van der Waals surface area contributed by atoms with Gasteiger partial charge in [0, 0.05) is 35.7 Å². The van der Waals surface area contributed by atoms with Crippen molar-refractivity contribution < 1.29 is 9.59 Å². The summed E-state index contributed by atoms with van der Waals surface area (Å²) in [7, 11) is 2.00. The summed E-state index contributed by atoms with van der Waals surface area (Å²) >= 11 is 1.50. The molecule has 1 N–H and O–H groups in total. The fourth-order valence-electron chi connectivity index (χ4n) is 4.75. The maximum Gasteiger partial charge on any atom is 0.248 e. The summed E-state index contributed by atoms with van der Waals surface area (Å²) in [5.74, 6) is 0.391. The molecule has 1 atom stereocenters. The van der Waals surface area contributed by atoms with Gasteiger partial charge in [0.15, 0.2) is 0 Å². The molecule has 0 fully saturated rings. The zero-order valence-corrected chi connectivity index (χ0v) is 21.0. The number of carbonyl (C=O) groups is 2. The summed E-state index contributed by atoms with van der Waals surface area (Å²) < 4.78 is 2.10. The minimum atomic E-state index is -0.771. The van der Waals surface area contributed by atoms with E-state index in [0.717, 1.165) is 32.7 Å². The minimum Gasteiger partial charge on any atom is -0.350 e. The van der Waals surface area contributed by atoms with Crippen molar-refractivity contribution >= 4 is 40.2 Å². The predicted octanol–water partition coefficient (Wildman–Crippen LogP) is 5.80. The third-order valence-corrected chi connectivity index (χ3v) is 7.78. The lowest BCUT2D eigenvalue weighted by atomic mass is 10.00. The van der Waals surface area contributed by atoms with Crippen LogP contribution in [0.25, 0.3) is 10.9 Å². The standard InChI is InChI=1S/C29H29N3O2S/c1-19(2)21-13-15-22(16-14-21)32-25(33)18-35-29-26(23-11-7-8-12-24(23)31(29)3)27(32)28(34)30-17-20-9-5-4-6-10-20/h4-16,19,27H,17-18H2,1-3H3,(H,30,34)/t27-/m0/s1. The van der Waals surface area contributed by atoms with Crippen molar-refractivity contribution in [1.82, 2.24) is 9.88 Å². The number of hydrogen-bond acceptors (Lipinski definition) is 3. The van der Waals surface area contributed by atoms with Gasteiger partial charge in [0.1, 0.15) is 6.04 Å². The Morgan fingerprint density at radius 3 is 2.40 bits per heavy atom. The number of carbonyl (C=O) groups excluding carboxylic acids is 2. The lowest BCUT2D eigenvalue weighted by molar-refractivity contribution is -0.125. The molecule has 1 aliphatic heterocycles. The molecule has 0 saturated heterocycles. The van der Waals surface area contributed by atoms with Gasteiger partial charge in [-0.3, -0.25) is 14.5 Å². The molecule has 6 heteroatoms. The SMILES string of the molecule is CC(C)c1ccc(N2C(=O)CSc3c(c4ccccc4n3C)[C@H]2C(=O)NCc2ccccc2)cc1. The summed E-state index contributed by atoms with van der Waals surface area (Å²) in [6.45, 7) is 4.69. The number of aromatic nitrogens is 1. The van der Waals surface area contributed by atoms with E-state index >= 15 is 0 Å². The smallest absolute Gasteiger partial charge is 0.248 e. The highest BCUT2D eigenvalue weighted by Gasteiger charge is 2.39. The first-order valence-electron chi connectivity index (χ1n) is 11.9. The molecule has 2 heterocycles. The summed E-state index contributed by atoms with van der Waals surface area (Å²) in [6.07, 6.45) is 0. The number of rotatable bonds is 5. The number of aryl methyl sites for hydroxylation is 1. The number of anilines is 1. The molecular weight excluding hydrogens is 454 g/mol. The van der Waals surface area contributed by atoms with Gasteiger partial charge in [0.2, 0.25) is 11.8 Å². The molecule has 3 aromatic carbocycles. The van der Waals surface area contributed by atoms with E-state index in [9.17, 15) is 9.59 Å². The van der Waals surface area contributed by atoms with Crippen molar-refractivity contribution in [2.45, 2.75) is 37.4 Å². The van der Waals surface area contributed by atoms with Crippen molar-refractivity contribution in [1.29, 1.82) is 0 Å². The van der Waals surface area contributed by atoms with Crippen LogP contribution in [0, 0.1) is 0 Å². The zero-order valence-electron chi connectivity index (χ0n) is 20.2. The van der Waals surface area contributed by atoms with Gasteiger partial charge in [-0.25, -0.2) is 0 Å². The van der Waals surface area contributed by atoms with Gasteiger partial charge in [-0.15, -0.1) is 0 Å². The van der Waals surface area contributed by atoms with Crippen LogP contribution in [0.15, 0.2) is 83.9 Å². The molecular formula is C29H29N3O2S. The molecule has 0 radical (unpaired) electrons. The lowest BCUT2D eigenvalue weighted by Crippen LogP contribution is -2.43. The largest absolute Gasteiger partial charge is 0.350 e. The van der Waals surface area contributed by atoms with Crippen molar-refractivity contribution in [3.63, 3.8) is 0 Å². The van der Waals surface area contributed by atoms with Crippen LogP contribution in [0.2, 0.25) is 0 Å². The summed E-state index contributed by atoms with van der Waals surface area (Å²) in [5, 5.41) is 5.07. The second kappa shape index (κ2) is 9.62. The van der Waals surface area contributed by atoms with Crippen LogP contribution in [-0.2, 0) is 23.2 Å². The Morgan fingerprint density at radius 2 is 1.69 bits per heavy atom. The summed E-state index contributed by atoms with van der Waals surface area (Å²) in [5.41, 5.74) is 4.89. The maximum atomic E-state index is 13.9. The Hall–Kier alpha value is -3.51. The molecule has 5 rings (SSSR count). The first-order chi connectivity index (χ1) is 17.0. The van der Waals surface area contributed by atoms with Crippen molar-refractivity contribution in [3.8, 4) is 0 Å². The second-order valence-electron chi connectivity index (χ2n) is 9.20. The van der Waals surface area contributed by atoms with Crippen molar-refractivity contribution in [2.75, 3.05) is 10.7 Å². The quantitative estimate of drug-likeness (QED) is 0.390. The number of thioether (sulfide) groups is 1. The fraction of sp³-hybridized carbons (Fsp3) is 0.241. The Kier molecular flexibility index (Phi) is 6.39. The van der Waals surface area contributed by atoms with E-state index in [0.29, 0.717) is 12.5 Å². The van der Waals surface area contributed by atoms with Gasteiger partial charge in [-0.05, 0) is 35.2 Å². The van der Waals surface area contributed by atoms with Gasteiger partial charge in [0.05, 0.1) is 10.8 Å². The zero-order chi connectivity index (χ0) is 24.5. The number of nitrogens with one attached hydrogen (secondary N) is 1. The molecule has 0 bridgehead atoms. The molecule has 4 aromatic rings. The Bertz CT molecular complexity index is 1380. The number of hydrogen-bond donors (Lipinski definition) is 1. The van der Waals surface area contributed by atoms with E-state index in [1.807, 2.05) is 79.8 Å². The highest BCUT2D eigenvalue weighted by molar-refractivity contribution is 8.00. The van der Waals surface area contributed by atoms with Crippen LogP contribution in [-0.4, -0.2) is 22.1 Å². The average molecular weight is 484 g/mol. The van der Waals surface area contributed by atoms with E-state index < -0.39 is 6.04 Å². The van der Waals surface area contributed by atoms with Crippen LogP contribution >= 0.6 is 11.8 Å². The first-order valence-corrected chi connectivity index (χ1v) is 12.9. The molecule has 35 heavy (non-hydrogen) atoms. The molecule has 1 aliphatic rings. The third kappa shape index (κ3) is 4.34. The van der Waals surface area contributed by atoms with E-state index in [-0.39, 0.29) is 17.6 Å². The molecule has 0 aliphatic carbocycles. The van der Waals surface area contributed by atoms with Crippen molar-refractivity contribution in [2.24, 2.45) is 7.05 Å². The van der Waals surface area contributed by atoms with Crippen LogP contribution in [0.5, 0.6) is 0 Å². The minimum absolute atomic E-state index is 0.0764.